The third-order valence-electron chi connectivity index (χ3n) is 4.47. The van der Waals surface area contributed by atoms with E-state index in [4.69, 9.17) is 0 Å². The Morgan fingerprint density at radius 1 is 1.14 bits per heavy atom. The average Bonchev–Trinajstić information content (AvgIpc) is 3.24. The molecule has 0 atom stereocenters. The van der Waals surface area contributed by atoms with Gasteiger partial charge in [0.25, 0.3) is 5.91 Å². The van der Waals surface area contributed by atoms with E-state index in [0.717, 1.165) is 21.6 Å². The third-order valence-corrected chi connectivity index (χ3v) is 5.53. The molecule has 0 aliphatic rings. The zero-order valence-corrected chi connectivity index (χ0v) is 16.4. The Balaban J connectivity index is 1.69. The lowest BCUT2D eigenvalue weighted by Gasteiger charge is -2.20. The molecule has 2 aromatic heterocycles. The number of carbonyl (C=O) groups excluding carboxylic acids is 1. The van der Waals surface area contributed by atoms with Gasteiger partial charge in [0.1, 0.15) is 5.82 Å². The van der Waals surface area contributed by atoms with Gasteiger partial charge in [0, 0.05) is 17.8 Å². The Bertz CT molecular complexity index is 1120. The van der Waals surface area contributed by atoms with Gasteiger partial charge in [-0.1, -0.05) is 29.5 Å². The Morgan fingerprint density at radius 2 is 1.96 bits per heavy atom. The summed E-state index contributed by atoms with van der Waals surface area (Å²) in [5.74, 6) is -0.714. The molecule has 28 heavy (non-hydrogen) atoms. The van der Waals surface area contributed by atoms with E-state index in [1.807, 2.05) is 48.9 Å². The van der Waals surface area contributed by atoms with Crippen LogP contribution in [0.25, 0.3) is 10.2 Å². The minimum absolute atomic E-state index is 0.278. The highest BCUT2D eigenvalue weighted by Gasteiger charge is 2.22. The summed E-state index contributed by atoms with van der Waals surface area (Å²) in [5.41, 5.74) is 3.10. The maximum absolute atomic E-state index is 13.7. The molecule has 0 N–H and O–H groups in total. The normalized spacial score (nSPS) is 11.1. The summed E-state index contributed by atoms with van der Waals surface area (Å²) >= 11 is 1.45. The van der Waals surface area contributed by atoms with Gasteiger partial charge in [-0.3, -0.25) is 14.4 Å². The van der Waals surface area contributed by atoms with E-state index in [9.17, 15) is 9.18 Å². The van der Waals surface area contributed by atoms with Crippen LogP contribution in [0.1, 0.15) is 21.7 Å². The first-order chi connectivity index (χ1) is 13.5. The molecule has 0 aliphatic heterocycles. The van der Waals surface area contributed by atoms with Crippen LogP contribution in [0.5, 0.6) is 0 Å². The average molecular weight is 394 g/mol. The van der Waals surface area contributed by atoms with Crippen molar-refractivity contribution in [3.8, 4) is 0 Å². The van der Waals surface area contributed by atoms with Crippen molar-refractivity contribution in [3.63, 3.8) is 0 Å². The number of halogens is 1. The predicted molar refractivity (Wildman–Crippen MR) is 109 cm³/mol. The van der Waals surface area contributed by atoms with Crippen LogP contribution in [-0.4, -0.2) is 27.2 Å². The Kier molecular flexibility index (Phi) is 4.92. The molecule has 0 saturated heterocycles. The van der Waals surface area contributed by atoms with Crippen LogP contribution in [0.2, 0.25) is 0 Å². The molecule has 0 fully saturated rings. The summed E-state index contributed by atoms with van der Waals surface area (Å²) in [6.45, 7) is 4.83. The van der Waals surface area contributed by atoms with Crippen molar-refractivity contribution < 1.29 is 9.18 Å². The van der Waals surface area contributed by atoms with Crippen LogP contribution in [0.3, 0.4) is 0 Å². The van der Waals surface area contributed by atoms with Crippen LogP contribution in [0.4, 0.5) is 9.52 Å². The fraction of sp³-hybridized carbons (Fsp3) is 0.190. The number of nitrogens with zero attached hydrogens (tertiary/aromatic N) is 4. The zero-order valence-electron chi connectivity index (χ0n) is 15.6. The van der Waals surface area contributed by atoms with E-state index >= 15 is 0 Å². The summed E-state index contributed by atoms with van der Waals surface area (Å²) in [5, 5.41) is 5.06. The number of carbonyl (C=O) groups is 1. The van der Waals surface area contributed by atoms with Gasteiger partial charge in [0.2, 0.25) is 0 Å². The first-order valence-electron chi connectivity index (χ1n) is 8.95. The molecule has 0 bridgehead atoms. The number of aryl methyl sites for hydroxylation is 2. The number of benzene rings is 2. The summed E-state index contributed by atoms with van der Waals surface area (Å²) in [4.78, 5) is 19.4. The molecule has 0 unspecified atom stereocenters. The second-order valence-electron chi connectivity index (χ2n) is 6.58. The molecule has 1 amide bonds. The summed E-state index contributed by atoms with van der Waals surface area (Å²) in [7, 11) is 0. The molecule has 0 radical (unpaired) electrons. The van der Waals surface area contributed by atoms with E-state index < -0.39 is 5.82 Å². The second kappa shape index (κ2) is 7.52. The number of hydrogen-bond acceptors (Lipinski definition) is 4. The summed E-state index contributed by atoms with van der Waals surface area (Å²) in [6.07, 6.45) is 0. The van der Waals surface area contributed by atoms with Gasteiger partial charge in [-0.2, -0.15) is 5.10 Å². The number of anilines is 1. The number of aromatic nitrogens is 3. The van der Waals surface area contributed by atoms with Gasteiger partial charge < -0.3 is 0 Å². The van der Waals surface area contributed by atoms with Gasteiger partial charge >= 0.3 is 0 Å². The Morgan fingerprint density at radius 3 is 2.68 bits per heavy atom. The number of rotatable bonds is 5. The monoisotopic (exact) mass is 394 g/mol. The van der Waals surface area contributed by atoms with E-state index in [1.165, 1.54) is 23.5 Å². The zero-order chi connectivity index (χ0) is 19.7. The van der Waals surface area contributed by atoms with Gasteiger partial charge in [-0.25, -0.2) is 9.37 Å². The van der Waals surface area contributed by atoms with Crippen LogP contribution >= 0.6 is 11.3 Å². The molecule has 7 heteroatoms. The molecule has 2 aromatic carbocycles. The lowest BCUT2D eigenvalue weighted by atomic mass is 10.2. The molecule has 5 nitrogen and oxygen atoms in total. The topological polar surface area (TPSA) is 51.0 Å². The van der Waals surface area contributed by atoms with Crippen molar-refractivity contribution in [3.05, 3.63) is 77.4 Å². The Hall–Kier alpha value is -3.06. The number of para-hydroxylation sites is 1. The highest BCUT2D eigenvalue weighted by Crippen LogP contribution is 2.29. The molecule has 0 saturated carbocycles. The molecular weight excluding hydrogens is 375 g/mol. The number of hydrogen-bond donors (Lipinski definition) is 0. The second-order valence-corrected chi connectivity index (χ2v) is 7.59. The lowest BCUT2D eigenvalue weighted by molar-refractivity contribution is 0.0985. The largest absolute Gasteiger partial charge is 0.282 e. The maximum atomic E-state index is 13.7. The van der Waals surface area contributed by atoms with Crippen molar-refractivity contribution >= 4 is 32.6 Å². The quantitative estimate of drug-likeness (QED) is 0.497. The number of thiazole rings is 1. The fourth-order valence-electron chi connectivity index (χ4n) is 3.13. The van der Waals surface area contributed by atoms with Gasteiger partial charge in [-0.15, -0.1) is 0 Å². The SMILES string of the molecule is Cc1cc(C)n(CCN(C(=O)c2cccc(F)c2)c2nc3ccccc3s2)n1. The van der Waals surface area contributed by atoms with Crippen molar-refractivity contribution in [2.75, 3.05) is 11.4 Å². The smallest absolute Gasteiger partial charge is 0.260 e. The lowest BCUT2D eigenvalue weighted by Crippen LogP contribution is -2.34. The van der Waals surface area contributed by atoms with E-state index in [-0.39, 0.29) is 5.91 Å². The molecule has 4 aromatic rings. The first kappa shape index (κ1) is 18.3. The van der Waals surface area contributed by atoms with E-state index in [0.29, 0.717) is 23.8 Å². The molecular formula is C21H19FN4OS. The highest BCUT2D eigenvalue weighted by molar-refractivity contribution is 7.22. The summed E-state index contributed by atoms with van der Waals surface area (Å²) < 4.78 is 16.5. The first-order valence-corrected chi connectivity index (χ1v) is 9.77. The third kappa shape index (κ3) is 3.66. The minimum atomic E-state index is -0.436. The molecule has 4 rings (SSSR count). The predicted octanol–water partition coefficient (Wildman–Crippen LogP) is 4.60. The van der Waals surface area contributed by atoms with Gasteiger partial charge in [-0.05, 0) is 50.2 Å². The number of amides is 1. The van der Waals surface area contributed by atoms with E-state index in [2.05, 4.69) is 10.1 Å². The molecule has 0 aliphatic carbocycles. The van der Waals surface area contributed by atoms with Crippen LogP contribution in [-0.2, 0) is 6.54 Å². The van der Waals surface area contributed by atoms with Gasteiger partial charge in [0.15, 0.2) is 5.13 Å². The van der Waals surface area contributed by atoms with Crippen molar-refractivity contribution in [1.29, 1.82) is 0 Å². The number of fused-ring (bicyclic) bond motifs is 1. The maximum Gasteiger partial charge on any atom is 0.260 e. The standard InChI is InChI=1S/C21H19FN4OS/c1-14-12-15(2)26(24-14)11-10-25(20(27)16-6-5-7-17(22)13-16)21-23-18-8-3-4-9-19(18)28-21/h3-9,12-13H,10-11H2,1-2H3. The molecule has 2 heterocycles. The Labute approximate surface area is 166 Å². The van der Waals surface area contributed by atoms with Crippen molar-refractivity contribution in [1.82, 2.24) is 14.8 Å². The van der Waals surface area contributed by atoms with Crippen LogP contribution in [0.15, 0.2) is 54.6 Å². The summed E-state index contributed by atoms with van der Waals surface area (Å²) in [6, 6.07) is 15.5. The molecule has 0 spiro atoms. The van der Waals surface area contributed by atoms with Crippen molar-refractivity contribution in [2.45, 2.75) is 20.4 Å². The van der Waals surface area contributed by atoms with Crippen LogP contribution < -0.4 is 4.90 Å². The fourth-order valence-corrected chi connectivity index (χ4v) is 4.12. The molecule has 142 valence electrons. The van der Waals surface area contributed by atoms with Gasteiger partial charge in [0.05, 0.1) is 22.5 Å². The van der Waals surface area contributed by atoms with E-state index in [1.54, 1.807) is 17.0 Å². The highest BCUT2D eigenvalue weighted by atomic mass is 32.1. The van der Waals surface area contributed by atoms with Crippen molar-refractivity contribution in [2.24, 2.45) is 0 Å². The van der Waals surface area contributed by atoms with Crippen LogP contribution in [0, 0.1) is 19.7 Å². The minimum Gasteiger partial charge on any atom is -0.282 e.